The van der Waals surface area contributed by atoms with Crippen LogP contribution in [0, 0.1) is 0 Å². The molecule has 0 radical (unpaired) electrons. The van der Waals surface area contributed by atoms with Gasteiger partial charge < -0.3 is 14.6 Å². The van der Waals surface area contributed by atoms with Crippen LogP contribution in [-0.4, -0.2) is 24.8 Å². The Kier molecular flexibility index (Phi) is 3.10. The number of hydrogen-bond acceptors (Lipinski definition) is 4. The van der Waals surface area contributed by atoms with Gasteiger partial charge in [0.15, 0.2) is 0 Å². The largest absolute Gasteiger partial charge is 0.496 e. The average molecular weight is 222 g/mol. The van der Waals surface area contributed by atoms with E-state index in [-0.39, 0.29) is 18.7 Å². The summed E-state index contributed by atoms with van der Waals surface area (Å²) in [6, 6.07) is 5.32. The molecule has 0 saturated carbocycles. The van der Waals surface area contributed by atoms with E-state index in [9.17, 15) is 4.79 Å². The molecule has 1 unspecified atom stereocenters. The van der Waals surface area contributed by atoms with Crippen LogP contribution in [0.25, 0.3) is 0 Å². The molecule has 0 bridgehead atoms. The number of ether oxygens (including phenoxy) is 2. The zero-order chi connectivity index (χ0) is 11.5. The summed E-state index contributed by atoms with van der Waals surface area (Å²) < 4.78 is 10.5. The van der Waals surface area contributed by atoms with Gasteiger partial charge in [-0.2, -0.15) is 0 Å². The van der Waals surface area contributed by atoms with E-state index in [1.54, 1.807) is 19.2 Å². The normalized spacial score (nSPS) is 18.1. The molecule has 4 heteroatoms. The molecule has 0 aromatic heterocycles. The molecular weight excluding hydrogens is 208 g/mol. The number of esters is 1. The molecule has 1 aliphatic heterocycles. The topological polar surface area (TPSA) is 55.8 Å². The zero-order valence-corrected chi connectivity index (χ0v) is 9.10. The van der Waals surface area contributed by atoms with Crippen molar-refractivity contribution in [1.29, 1.82) is 0 Å². The summed E-state index contributed by atoms with van der Waals surface area (Å²) in [5, 5.41) is 8.80. The predicted molar refractivity (Wildman–Crippen MR) is 57.5 cm³/mol. The van der Waals surface area contributed by atoms with Crippen molar-refractivity contribution in [2.75, 3.05) is 13.7 Å². The molecule has 1 N–H and O–H groups in total. The summed E-state index contributed by atoms with van der Waals surface area (Å²) in [4.78, 5) is 11.6. The fourth-order valence-corrected chi connectivity index (χ4v) is 1.96. The molecule has 0 fully saturated rings. The van der Waals surface area contributed by atoms with E-state index in [2.05, 4.69) is 0 Å². The molecule has 16 heavy (non-hydrogen) atoms. The number of rotatable bonds is 4. The van der Waals surface area contributed by atoms with Crippen molar-refractivity contribution < 1.29 is 19.4 Å². The molecule has 1 heterocycles. The number of methoxy groups -OCH3 is 1. The lowest BCUT2D eigenvalue weighted by atomic mass is 10.0. The molecule has 2 rings (SSSR count). The minimum atomic E-state index is -0.308. The number of fused-ring (bicyclic) bond motifs is 1. The highest BCUT2D eigenvalue weighted by molar-refractivity contribution is 5.95. The summed E-state index contributed by atoms with van der Waals surface area (Å²) in [5.41, 5.74) is 1.38. The fraction of sp³-hybridized carbons (Fsp3) is 0.417. The molecule has 1 aromatic carbocycles. The quantitative estimate of drug-likeness (QED) is 0.787. The molecule has 4 nitrogen and oxygen atoms in total. The van der Waals surface area contributed by atoms with Crippen molar-refractivity contribution in [3.63, 3.8) is 0 Å². The standard InChI is InChI=1S/C12H14O4/c1-15-9-5-2-4-8-11(9)10(6-3-7-13)16-12(8)14/h2,4-5,10,13H,3,6-7H2,1H3. The lowest BCUT2D eigenvalue weighted by molar-refractivity contribution is 0.0351. The third-order valence-electron chi connectivity index (χ3n) is 2.70. The van der Waals surface area contributed by atoms with Gasteiger partial charge in [0.05, 0.1) is 12.7 Å². The van der Waals surface area contributed by atoms with Gasteiger partial charge >= 0.3 is 5.97 Å². The maximum atomic E-state index is 11.6. The second-order valence-electron chi connectivity index (χ2n) is 3.68. The van der Waals surface area contributed by atoms with E-state index in [4.69, 9.17) is 14.6 Å². The van der Waals surface area contributed by atoms with Gasteiger partial charge in [0.25, 0.3) is 0 Å². The van der Waals surface area contributed by atoms with Crippen molar-refractivity contribution in [2.45, 2.75) is 18.9 Å². The van der Waals surface area contributed by atoms with Crippen molar-refractivity contribution in [3.8, 4) is 5.75 Å². The summed E-state index contributed by atoms with van der Waals surface area (Å²) >= 11 is 0. The molecule has 1 aliphatic rings. The molecule has 0 amide bonds. The maximum absolute atomic E-state index is 11.6. The predicted octanol–water partition coefficient (Wildman–Crippen LogP) is 1.68. The van der Waals surface area contributed by atoms with Gasteiger partial charge in [0.1, 0.15) is 11.9 Å². The number of cyclic esters (lactones) is 1. The first-order valence-corrected chi connectivity index (χ1v) is 5.26. The summed E-state index contributed by atoms with van der Waals surface area (Å²) in [6.07, 6.45) is 0.941. The number of hydrogen-bond donors (Lipinski definition) is 1. The first-order chi connectivity index (χ1) is 7.77. The minimum absolute atomic E-state index is 0.0958. The number of benzene rings is 1. The van der Waals surface area contributed by atoms with Crippen LogP contribution in [0.2, 0.25) is 0 Å². The highest BCUT2D eigenvalue weighted by Crippen LogP contribution is 2.39. The number of carbonyl (C=O) groups excluding carboxylic acids is 1. The van der Waals surface area contributed by atoms with Crippen LogP contribution < -0.4 is 4.74 Å². The van der Waals surface area contributed by atoms with Crippen molar-refractivity contribution in [1.82, 2.24) is 0 Å². The van der Waals surface area contributed by atoms with Gasteiger partial charge in [-0.3, -0.25) is 0 Å². The van der Waals surface area contributed by atoms with Crippen LogP contribution in [0.1, 0.15) is 34.9 Å². The monoisotopic (exact) mass is 222 g/mol. The highest BCUT2D eigenvalue weighted by atomic mass is 16.6. The second-order valence-corrected chi connectivity index (χ2v) is 3.68. The molecule has 1 aromatic rings. The van der Waals surface area contributed by atoms with Crippen LogP contribution in [0.4, 0.5) is 0 Å². The second kappa shape index (κ2) is 4.53. The highest BCUT2D eigenvalue weighted by Gasteiger charge is 2.33. The van der Waals surface area contributed by atoms with Crippen molar-refractivity contribution in [3.05, 3.63) is 29.3 Å². The Morgan fingerprint density at radius 3 is 3.00 bits per heavy atom. The zero-order valence-electron chi connectivity index (χ0n) is 9.10. The van der Waals surface area contributed by atoms with Gasteiger partial charge in [-0.15, -0.1) is 0 Å². The van der Waals surface area contributed by atoms with E-state index in [0.717, 1.165) is 5.56 Å². The lowest BCUT2D eigenvalue weighted by Crippen LogP contribution is -2.01. The van der Waals surface area contributed by atoms with Crippen LogP contribution in [0.15, 0.2) is 18.2 Å². The summed E-state index contributed by atoms with van der Waals surface area (Å²) in [7, 11) is 1.57. The van der Waals surface area contributed by atoms with E-state index in [1.807, 2.05) is 6.07 Å². The minimum Gasteiger partial charge on any atom is -0.496 e. The van der Waals surface area contributed by atoms with Crippen molar-refractivity contribution in [2.24, 2.45) is 0 Å². The third kappa shape index (κ3) is 1.76. The molecule has 0 aliphatic carbocycles. The molecule has 0 spiro atoms. The maximum Gasteiger partial charge on any atom is 0.339 e. The first kappa shape index (κ1) is 11.0. The number of carbonyl (C=O) groups is 1. The van der Waals surface area contributed by atoms with Gasteiger partial charge in [-0.05, 0) is 25.0 Å². The van der Waals surface area contributed by atoms with E-state index < -0.39 is 0 Å². The summed E-state index contributed by atoms with van der Waals surface area (Å²) in [6.45, 7) is 0.0958. The first-order valence-electron chi connectivity index (χ1n) is 5.26. The molecule has 1 atom stereocenters. The SMILES string of the molecule is COc1cccc2c1C(CCCO)OC2=O. The smallest absolute Gasteiger partial charge is 0.339 e. The molecule has 0 saturated heterocycles. The van der Waals surface area contributed by atoms with E-state index in [0.29, 0.717) is 24.2 Å². The Morgan fingerprint density at radius 2 is 2.31 bits per heavy atom. The number of aliphatic hydroxyl groups is 1. The van der Waals surface area contributed by atoms with Crippen LogP contribution in [-0.2, 0) is 4.74 Å². The molecular formula is C12H14O4. The van der Waals surface area contributed by atoms with Gasteiger partial charge in [-0.25, -0.2) is 4.79 Å². The fourth-order valence-electron chi connectivity index (χ4n) is 1.96. The van der Waals surface area contributed by atoms with Gasteiger partial charge in [0.2, 0.25) is 0 Å². The lowest BCUT2D eigenvalue weighted by Gasteiger charge is -2.12. The van der Waals surface area contributed by atoms with Crippen LogP contribution in [0.5, 0.6) is 5.75 Å². The number of aliphatic hydroxyl groups excluding tert-OH is 1. The van der Waals surface area contributed by atoms with E-state index in [1.165, 1.54) is 0 Å². The van der Waals surface area contributed by atoms with Gasteiger partial charge in [-0.1, -0.05) is 6.07 Å². The van der Waals surface area contributed by atoms with E-state index >= 15 is 0 Å². The Morgan fingerprint density at radius 1 is 1.50 bits per heavy atom. The Labute approximate surface area is 93.8 Å². The Hall–Kier alpha value is -1.55. The molecule has 86 valence electrons. The van der Waals surface area contributed by atoms with Crippen molar-refractivity contribution >= 4 is 5.97 Å². The Bertz CT molecular complexity index is 400. The average Bonchev–Trinajstić information content (AvgIpc) is 2.64. The summed E-state index contributed by atoms with van der Waals surface area (Å²) in [5.74, 6) is 0.364. The van der Waals surface area contributed by atoms with Crippen LogP contribution >= 0.6 is 0 Å². The van der Waals surface area contributed by atoms with Gasteiger partial charge in [0, 0.05) is 12.2 Å². The van der Waals surface area contributed by atoms with Crippen LogP contribution in [0.3, 0.4) is 0 Å². The third-order valence-corrected chi connectivity index (χ3v) is 2.70. The Balaban J connectivity index is 2.34.